The third-order valence-electron chi connectivity index (χ3n) is 3.28. The lowest BCUT2D eigenvalue weighted by Crippen LogP contribution is -2.12. The standard InChI is InChI=1S/C15H11Cl2N5/c16-12-2-1-3-13-11(12)6-10(8-18)22(13)5-4-19-15-7-14(17)20-9-21-15/h1-3,6-7,9H,4-5H2,(H,19,20,21). The number of fused-ring (bicyclic) bond motifs is 1. The summed E-state index contributed by atoms with van der Waals surface area (Å²) in [5, 5.41) is 14.4. The summed E-state index contributed by atoms with van der Waals surface area (Å²) in [6, 6.07) is 11.3. The number of halogens is 2. The van der Waals surface area contributed by atoms with Crippen LogP contribution in [-0.2, 0) is 6.54 Å². The quantitative estimate of drug-likeness (QED) is 0.740. The molecule has 110 valence electrons. The van der Waals surface area contributed by atoms with Gasteiger partial charge in [-0.2, -0.15) is 5.26 Å². The molecule has 0 spiro atoms. The van der Waals surface area contributed by atoms with Crippen LogP contribution in [0.1, 0.15) is 5.69 Å². The second-order valence-electron chi connectivity index (χ2n) is 4.62. The summed E-state index contributed by atoms with van der Waals surface area (Å²) in [4.78, 5) is 7.90. The first kappa shape index (κ1) is 14.6. The Kier molecular flexibility index (Phi) is 4.14. The topological polar surface area (TPSA) is 66.5 Å². The van der Waals surface area contributed by atoms with Crippen molar-refractivity contribution < 1.29 is 0 Å². The van der Waals surface area contributed by atoms with Crippen LogP contribution >= 0.6 is 23.2 Å². The largest absolute Gasteiger partial charge is 0.368 e. The SMILES string of the molecule is N#Cc1cc2c(Cl)cccc2n1CCNc1cc(Cl)ncn1. The van der Waals surface area contributed by atoms with Crippen molar-refractivity contribution in [1.82, 2.24) is 14.5 Å². The Balaban J connectivity index is 1.82. The lowest BCUT2D eigenvalue weighted by Gasteiger charge is -2.09. The molecule has 0 amide bonds. The van der Waals surface area contributed by atoms with Crippen molar-refractivity contribution >= 4 is 39.9 Å². The zero-order chi connectivity index (χ0) is 15.5. The number of benzene rings is 1. The average molecular weight is 332 g/mol. The molecule has 3 rings (SSSR count). The van der Waals surface area contributed by atoms with Crippen LogP contribution < -0.4 is 5.32 Å². The molecule has 2 aromatic heterocycles. The summed E-state index contributed by atoms with van der Waals surface area (Å²) < 4.78 is 1.93. The average Bonchev–Trinajstić information content (AvgIpc) is 2.87. The monoisotopic (exact) mass is 331 g/mol. The van der Waals surface area contributed by atoms with E-state index in [2.05, 4.69) is 21.4 Å². The summed E-state index contributed by atoms with van der Waals surface area (Å²) in [5.74, 6) is 0.646. The summed E-state index contributed by atoms with van der Waals surface area (Å²) in [5.41, 5.74) is 1.51. The van der Waals surface area contributed by atoms with Crippen LogP contribution in [0.5, 0.6) is 0 Å². The number of rotatable bonds is 4. The number of aromatic nitrogens is 3. The van der Waals surface area contributed by atoms with Crippen LogP contribution in [0, 0.1) is 11.3 Å². The van der Waals surface area contributed by atoms with Gasteiger partial charge in [-0.15, -0.1) is 0 Å². The van der Waals surface area contributed by atoms with Gasteiger partial charge in [0.25, 0.3) is 0 Å². The molecule has 0 aliphatic carbocycles. The van der Waals surface area contributed by atoms with Crippen molar-refractivity contribution in [3.63, 3.8) is 0 Å². The minimum atomic E-state index is 0.383. The molecule has 3 aromatic rings. The predicted octanol–water partition coefficient (Wildman–Crippen LogP) is 3.72. The lowest BCUT2D eigenvalue weighted by molar-refractivity contribution is 0.745. The molecule has 0 aliphatic rings. The zero-order valence-corrected chi connectivity index (χ0v) is 12.9. The van der Waals surface area contributed by atoms with Crippen molar-refractivity contribution in [3.05, 3.63) is 52.5 Å². The number of anilines is 1. The van der Waals surface area contributed by atoms with Gasteiger partial charge in [-0.25, -0.2) is 9.97 Å². The highest BCUT2D eigenvalue weighted by Crippen LogP contribution is 2.26. The van der Waals surface area contributed by atoms with Gasteiger partial charge < -0.3 is 9.88 Å². The highest BCUT2D eigenvalue weighted by Gasteiger charge is 2.10. The van der Waals surface area contributed by atoms with Gasteiger partial charge in [0.05, 0.1) is 5.52 Å². The molecular weight excluding hydrogens is 321 g/mol. The van der Waals surface area contributed by atoms with Crippen molar-refractivity contribution in [2.75, 3.05) is 11.9 Å². The van der Waals surface area contributed by atoms with Gasteiger partial charge in [-0.05, 0) is 18.2 Å². The maximum Gasteiger partial charge on any atom is 0.134 e. The van der Waals surface area contributed by atoms with Crippen molar-refractivity contribution in [1.29, 1.82) is 5.26 Å². The van der Waals surface area contributed by atoms with Crippen LogP contribution in [0.3, 0.4) is 0 Å². The van der Waals surface area contributed by atoms with E-state index in [4.69, 9.17) is 23.2 Å². The normalized spacial score (nSPS) is 10.6. The van der Waals surface area contributed by atoms with Crippen molar-refractivity contribution in [2.45, 2.75) is 6.54 Å². The molecule has 0 saturated heterocycles. The molecule has 22 heavy (non-hydrogen) atoms. The number of hydrogen-bond donors (Lipinski definition) is 1. The summed E-state index contributed by atoms with van der Waals surface area (Å²) >= 11 is 12.0. The lowest BCUT2D eigenvalue weighted by atomic mass is 10.2. The number of nitrogens with zero attached hydrogens (tertiary/aromatic N) is 4. The van der Waals surface area contributed by atoms with Gasteiger partial charge >= 0.3 is 0 Å². The van der Waals surface area contributed by atoms with Gasteiger partial charge in [0.1, 0.15) is 29.1 Å². The minimum Gasteiger partial charge on any atom is -0.368 e. The molecule has 0 aliphatic heterocycles. The fourth-order valence-electron chi connectivity index (χ4n) is 2.31. The smallest absolute Gasteiger partial charge is 0.134 e. The van der Waals surface area contributed by atoms with Gasteiger partial charge in [0.15, 0.2) is 0 Å². The van der Waals surface area contributed by atoms with E-state index >= 15 is 0 Å². The fourth-order valence-corrected chi connectivity index (χ4v) is 2.68. The van der Waals surface area contributed by atoms with Gasteiger partial charge in [-0.3, -0.25) is 0 Å². The summed E-state index contributed by atoms with van der Waals surface area (Å²) in [6.07, 6.45) is 1.40. The van der Waals surface area contributed by atoms with Crippen molar-refractivity contribution in [3.8, 4) is 6.07 Å². The number of nitriles is 1. The second kappa shape index (κ2) is 6.22. The van der Waals surface area contributed by atoms with E-state index in [0.717, 1.165) is 10.9 Å². The molecule has 0 atom stereocenters. The maximum absolute atomic E-state index is 9.29. The Morgan fingerprint density at radius 3 is 2.86 bits per heavy atom. The third-order valence-corrected chi connectivity index (χ3v) is 3.82. The van der Waals surface area contributed by atoms with Gasteiger partial charge in [-0.1, -0.05) is 29.3 Å². The first-order chi connectivity index (χ1) is 10.7. The minimum absolute atomic E-state index is 0.383. The Hall–Kier alpha value is -2.29. The van der Waals surface area contributed by atoms with E-state index in [-0.39, 0.29) is 0 Å². The molecule has 0 radical (unpaired) electrons. The first-order valence-electron chi connectivity index (χ1n) is 6.58. The zero-order valence-electron chi connectivity index (χ0n) is 11.4. The first-order valence-corrected chi connectivity index (χ1v) is 7.34. The van der Waals surface area contributed by atoms with Crippen LogP contribution in [0.4, 0.5) is 5.82 Å². The molecule has 0 unspecified atom stereocenters. The van der Waals surface area contributed by atoms with E-state index in [9.17, 15) is 5.26 Å². The van der Waals surface area contributed by atoms with E-state index in [1.807, 2.05) is 22.8 Å². The molecule has 0 saturated carbocycles. The van der Waals surface area contributed by atoms with Crippen LogP contribution in [0.25, 0.3) is 10.9 Å². The molecule has 7 heteroatoms. The third kappa shape index (κ3) is 2.84. The Morgan fingerprint density at radius 1 is 1.23 bits per heavy atom. The predicted molar refractivity (Wildman–Crippen MR) is 87.2 cm³/mol. The molecule has 0 fully saturated rings. The Morgan fingerprint density at radius 2 is 2.09 bits per heavy atom. The Labute approximate surface area is 137 Å². The van der Waals surface area contributed by atoms with E-state index in [1.165, 1.54) is 6.33 Å². The molecule has 0 bridgehead atoms. The van der Waals surface area contributed by atoms with E-state index in [1.54, 1.807) is 12.1 Å². The highest BCUT2D eigenvalue weighted by atomic mass is 35.5. The highest BCUT2D eigenvalue weighted by molar-refractivity contribution is 6.35. The van der Waals surface area contributed by atoms with Crippen LogP contribution in [0.15, 0.2) is 36.7 Å². The number of hydrogen-bond acceptors (Lipinski definition) is 4. The van der Waals surface area contributed by atoms with E-state index in [0.29, 0.717) is 34.8 Å². The van der Waals surface area contributed by atoms with E-state index < -0.39 is 0 Å². The molecule has 2 heterocycles. The molecular formula is C15H11Cl2N5. The summed E-state index contributed by atoms with van der Waals surface area (Å²) in [6.45, 7) is 1.20. The van der Waals surface area contributed by atoms with Gasteiger partial charge in [0, 0.05) is 29.6 Å². The fraction of sp³-hybridized carbons (Fsp3) is 0.133. The second-order valence-corrected chi connectivity index (χ2v) is 5.41. The molecule has 5 nitrogen and oxygen atoms in total. The van der Waals surface area contributed by atoms with Crippen LogP contribution in [-0.4, -0.2) is 21.1 Å². The number of nitrogens with one attached hydrogen (secondary N) is 1. The Bertz CT molecular complexity index is 866. The summed E-state index contributed by atoms with van der Waals surface area (Å²) in [7, 11) is 0. The maximum atomic E-state index is 9.29. The molecule has 1 N–H and O–H groups in total. The van der Waals surface area contributed by atoms with Crippen molar-refractivity contribution in [2.24, 2.45) is 0 Å². The van der Waals surface area contributed by atoms with Gasteiger partial charge in [0.2, 0.25) is 0 Å². The molecule has 1 aromatic carbocycles. The van der Waals surface area contributed by atoms with Crippen LogP contribution in [0.2, 0.25) is 10.2 Å².